The number of aromatic nitrogens is 3. The molecule has 2 N–H and O–H groups in total. The summed E-state index contributed by atoms with van der Waals surface area (Å²) in [5, 5.41) is 8.85. The van der Waals surface area contributed by atoms with E-state index < -0.39 is 0 Å². The monoisotopic (exact) mass is 365 g/mol. The molecule has 0 spiro atoms. The first-order valence-corrected chi connectivity index (χ1v) is 9.69. The minimum atomic E-state index is 0.0231. The number of fused-ring (bicyclic) bond motifs is 2. The van der Waals surface area contributed by atoms with Crippen LogP contribution in [0.5, 0.6) is 0 Å². The van der Waals surface area contributed by atoms with E-state index in [-0.39, 0.29) is 17.9 Å². The standard InChI is InChI=1S/C21H27N5O/c1-15(2)21(27)23-9-6-17-13-25(14-18-7-11-24-26(17)18)12-16-4-3-5-20-19(16)8-10-22-20/h3-5,7-8,10-11,15,17,22H,6,9,12-14H2,1-2H3,(H,23,27). The van der Waals surface area contributed by atoms with E-state index in [0.29, 0.717) is 6.54 Å². The molecule has 1 aliphatic heterocycles. The van der Waals surface area contributed by atoms with E-state index in [9.17, 15) is 4.79 Å². The minimum absolute atomic E-state index is 0.0231. The number of amides is 1. The molecule has 142 valence electrons. The Morgan fingerprint density at radius 3 is 3.07 bits per heavy atom. The predicted molar refractivity (Wildman–Crippen MR) is 106 cm³/mol. The second-order valence-electron chi connectivity index (χ2n) is 7.68. The molecule has 1 aliphatic rings. The van der Waals surface area contributed by atoms with Gasteiger partial charge in [0.25, 0.3) is 0 Å². The molecule has 6 nitrogen and oxygen atoms in total. The zero-order valence-corrected chi connectivity index (χ0v) is 16.0. The Hall–Kier alpha value is -2.60. The largest absolute Gasteiger partial charge is 0.361 e. The first-order valence-electron chi connectivity index (χ1n) is 9.69. The molecule has 0 bridgehead atoms. The lowest BCUT2D eigenvalue weighted by Crippen LogP contribution is -2.39. The van der Waals surface area contributed by atoms with Crippen LogP contribution in [0.4, 0.5) is 0 Å². The highest BCUT2D eigenvalue weighted by Gasteiger charge is 2.25. The van der Waals surface area contributed by atoms with Gasteiger partial charge in [0, 0.05) is 55.4 Å². The number of benzene rings is 1. The Morgan fingerprint density at radius 2 is 2.22 bits per heavy atom. The fraction of sp³-hybridized carbons (Fsp3) is 0.429. The van der Waals surface area contributed by atoms with Gasteiger partial charge < -0.3 is 10.3 Å². The molecule has 3 heterocycles. The molecule has 1 atom stereocenters. The molecule has 3 aromatic rings. The fourth-order valence-corrected chi connectivity index (χ4v) is 3.89. The third-order valence-electron chi connectivity index (χ3n) is 5.33. The summed E-state index contributed by atoms with van der Waals surface area (Å²) in [5.41, 5.74) is 3.76. The van der Waals surface area contributed by atoms with Crippen LogP contribution in [0, 0.1) is 5.92 Å². The second-order valence-corrected chi connectivity index (χ2v) is 7.68. The van der Waals surface area contributed by atoms with Crippen molar-refractivity contribution in [2.75, 3.05) is 13.1 Å². The van der Waals surface area contributed by atoms with Gasteiger partial charge in [0.05, 0.1) is 11.7 Å². The molecule has 1 aromatic carbocycles. The number of carbonyl (C=O) groups excluding carboxylic acids is 1. The Bertz CT molecular complexity index is 925. The van der Waals surface area contributed by atoms with Gasteiger partial charge in [0.2, 0.25) is 5.91 Å². The molecule has 1 amide bonds. The van der Waals surface area contributed by atoms with Gasteiger partial charge in [-0.05, 0) is 30.2 Å². The van der Waals surface area contributed by atoms with Gasteiger partial charge in [-0.2, -0.15) is 5.10 Å². The van der Waals surface area contributed by atoms with Crippen molar-refractivity contribution in [1.29, 1.82) is 0 Å². The fourth-order valence-electron chi connectivity index (χ4n) is 3.89. The van der Waals surface area contributed by atoms with Gasteiger partial charge in [0.15, 0.2) is 0 Å². The van der Waals surface area contributed by atoms with E-state index in [4.69, 9.17) is 0 Å². The number of carbonyl (C=O) groups is 1. The maximum absolute atomic E-state index is 11.8. The van der Waals surface area contributed by atoms with Gasteiger partial charge in [-0.15, -0.1) is 0 Å². The number of H-pyrrole nitrogens is 1. The van der Waals surface area contributed by atoms with Crippen LogP contribution in [0.25, 0.3) is 10.9 Å². The van der Waals surface area contributed by atoms with Crippen molar-refractivity contribution in [3.8, 4) is 0 Å². The van der Waals surface area contributed by atoms with E-state index in [1.165, 1.54) is 22.2 Å². The third-order valence-corrected chi connectivity index (χ3v) is 5.33. The molecule has 1 unspecified atom stereocenters. The summed E-state index contributed by atoms with van der Waals surface area (Å²) in [7, 11) is 0. The highest BCUT2D eigenvalue weighted by molar-refractivity contribution is 5.82. The molecular formula is C21H27N5O. The topological polar surface area (TPSA) is 66.0 Å². The molecule has 0 aliphatic carbocycles. The maximum atomic E-state index is 11.8. The van der Waals surface area contributed by atoms with Crippen LogP contribution in [0.3, 0.4) is 0 Å². The highest BCUT2D eigenvalue weighted by Crippen LogP contribution is 2.26. The van der Waals surface area contributed by atoms with Crippen LogP contribution in [-0.4, -0.2) is 38.7 Å². The van der Waals surface area contributed by atoms with E-state index in [0.717, 1.165) is 26.1 Å². The Kier molecular flexibility index (Phi) is 4.99. The Balaban J connectivity index is 1.46. The van der Waals surface area contributed by atoms with Crippen molar-refractivity contribution in [3.05, 3.63) is 54.0 Å². The summed E-state index contributed by atoms with van der Waals surface area (Å²) < 4.78 is 2.13. The van der Waals surface area contributed by atoms with Gasteiger partial charge in [-0.25, -0.2) is 0 Å². The first-order chi connectivity index (χ1) is 13.1. The summed E-state index contributed by atoms with van der Waals surface area (Å²) in [5.74, 6) is 0.137. The Labute approximate surface area is 159 Å². The highest BCUT2D eigenvalue weighted by atomic mass is 16.1. The van der Waals surface area contributed by atoms with Crippen LogP contribution < -0.4 is 5.32 Å². The quantitative estimate of drug-likeness (QED) is 0.705. The van der Waals surface area contributed by atoms with Gasteiger partial charge in [-0.1, -0.05) is 26.0 Å². The van der Waals surface area contributed by atoms with Crippen LogP contribution in [0.15, 0.2) is 42.7 Å². The number of rotatable bonds is 6. The van der Waals surface area contributed by atoms with Crippen molar-refractivity contribution < 1.29 is 4.79 Å². The molecule has 27 heavy (non-hydrogen) atoms. The molecule has 6 heteroatoms. The van der Waals surface area contributed by atoms with E-state index in [1.54, 1.807) is 0 Å². The number of nitrogens with one attached hydrogen (secondary N) is 2. The van der Waals surface area contributed by atoms with Crippen molar-refractivity contribution in [1.82, 2.24) is 25.0 Å². The van der Waals surface area contributed by atoms with Crippen LogP contribution in [-0.2, 0) is 17.9 Å². The van der Waals surface area contributed by atoms with Gasteiger partial charge in [0.1, 0.15) is 0 Å². The van der Waals surface area contributed by atoms with Crippen molar-refractivity contribution >= 4 is 16.8 Å². The molecule has 0 fully saturated rings. The normalized spacial score (nSPS) is 17.4. The molecule has 2 aromatic heterocycles. The van der Waals surface area contributed by atoms with Gasteiger partial charge in [-0.3, -0.25) is 14.4 Å². The smallest absolute Gasteiger partial charge is 0.222 e. The number of aromatic amines is 1. The first kappa shape index (κ1) is 17.8. The third kappa shape index (κ3) is 3.76. The average molecular weight is 365 g/mol. The van der Waals surface area contributed by atoms with Crippen LogP contribution in [0.1, 0.15) is 37.6 Å². The van der Waals surface area contributed by atoms with E-state index >= 15 is 0 Å². The Morgan fingerprint density at radius 1 is 1.33 bits per heavy atom. The predicted octanol–water partition coefficient (Wildman–Crippen LogP) is 3.08. The lowest BCUT2D eigenvalue weighted by atomic mass is 10.1. The molecule has 0 radical (unpaired) electrons. The lowest BCUT2D eigenvalue weighted by molar-refractivity contribution is -0.124. The molecular weight excluding hydrogens is 338 g/mol. The molecule has 0 saturated heterocycles. The molecule has 0 saturated carbocycles. The zero-order chi connectivity index (χ0) is 18.8. The minimum Gasteiger partial charge on any atom is -0.361 e. The van der Waals surface area contributed by atoms with Crippen molar-refractivity contribution in [2.24, 2.45) is 5.92 Å². The second kappa shape index (κ2) is 7.56. The summed E-state index contributed by atoms with van der Waals surface area (Å²) >= 11 is 0. The molecule has 4 rings (SSSR count). The van der Waals surface area contributed by atoms with E-state index in [1.807, 2.05) is 26.2 Å². The number of nitrogens with zero attached hydrogens (tertiary/aromatic N) is 3. The summed E-state index contributed by atoms with van der Waals surface area (Å²) in [6.45, 7) is 7.27. The summed E-state index contributed by atoms with van der Waals surface area (Å²) in [6.07, 6.45) is 4.77. The van der Waals surface area contributed by atoms with Crippen molar-refractivity contribution in [3.63, 3.8) is 0 Å². The lowest BCUT2D eigenvalue weighted by Gasteiger charge is -2.34. The zero-order valence-electron chi connectivity index (χ0n) is 16.0. The SMILES string of the molecule is CC(C)C(=O)NCCC1CN(Cc2cccc3[nH]ccc23)Cc2ccnn21. The number of hydrogen-bond acceptors (Lipinski definition) is 3. The average Bonchev–Trinajstić information content (AvgIpc) is 3.30. The number of hydrogen-bond donors (Lipinski definition) is 2. The van der Waals surface area contributed by atoms with Crippen LogP contribution >= 0.6 is 0 Å². The summed E-state index contributed by atoms with van der Waals surface area (Å²) in [6, 6.07) is 11.0. The maximum Gasteiger partial charge on any atom is 0.222 e. The van der Waals surface area contributed by atoms with Gasteiger partial charge >= 0.3 is 0 Å². The van der Waals surface area contributed by atoms with Crippen molar-refractivity contribution in [2.45, 2.75) is 39.4 Å². The van der Waals surface area contributed by atoms with E-state index in [2.05, 4.69) is 55.3 Å². The van der Waals surface area contributed by atoms with Crippen LogP contribution in [0.2, 0.25) is 0 Å². The summed E-state index contributed by atoms with van der Waals surface area (Å²) in [4.78, 5) is 17.6.